The Kier molecular flexibility index (Phi) is 4.38. The first-order valence-corrected chi connectivity index (χ1v) is 9.37. The molecule has 6 heteroatoms. The number of aromatic nitrogens is 2. The lowest BCUT2D eigenvalue weighted by Gasteiger charge is -2.35. The van der Waals surface area contributed by atoms with E-state index in [2.05, 4.69) is 17.0 Å². The van der Waals surface area contributed by atoms with Crippen molar-refractivity contribution in [3.63, 3.8) is 0 Å². The maximum Gasteiger partial charge on any atom is 0.209 e. The van der Waals surface area contributed by atoms with Gasteiger partial charge in [-0.15, -0.1) is 11.8 Å². The Hall–Kier alpha value is -2.08. The van der Waals surface area contributed by atoms with E-state index in [-0.39, 0.29) is 0 Å². The molecule has 124 valence electrons. The smallest absolute Gasteiger partial charge is 0.209 e. The van der Waals surface area contributed by atoms with Crippen LogP contribution in [0.2, 0.25) is 0 Å². The summed E-state index contributed by atoms with van der Waals surface area (Å²) in [5, 5.41) is 0. The molecule has 24 heavy (non-hydrogen) atoms. The van der Waals surface area contributed by atoms with Crippen LogP contribution in [0.4, 0.5) is 5.82 Å². The topological polar surface area (TPSA) is 49.3 Å². The zero-order chi connectivity index (χ0) is 16.4. The van der Waals surface area contributed by atoms with Crippen molar-refractivity contribution in [2.24, 2.45) is 0 Å². The maximum atomic E-state index is 11.0. The third-order valence-corrected chi connectivity index (χ3v) is 5.72. The summed E-state index contributed by atoms with van der Waals surface area (Å²) >= 11 is 1.87. The molecule has 0 spiro atoms. The highest BCUT2D eigenvalue weighted by atomic mass is 32.2. The van der Waals surface area contributed by atoms with Gasteiger partial charge in [-0.25, -0.2) is 9.97 Å². The minimum absolute atomic E-state index is 0.758. The third kappa shape index (κ3) is 2.98. The molecule has 2 aliphatic heterocycles. The monoisotopic (exact) mass is 340 g/mol. The number of rotatable bonds is 3. The number of hydrogen-bond donors (Lipinski definition) is 0. The van der Waals surface area contributed by atoms with Gasteiger partial charge in [0.1, 0.15) is 5.82 Å². The van der Waals surface area contributed by atoms with Crippen LogP contribution in [0.25, 0.3) is 11.4 Å². The second-order valence-corrected chi connectivity index (χ2v) is 7.20. The minimum Gasteiger partial charge on any atom is -0.352 e. The van der Waals surface area contributed by atoms with E-state index in [1.54, 1.807) is 0 Å². The minimum atomic E-state index is 0.758. The largest absolute Gasteiger partial charge is 0.352 e. The van der Waals surface area contributed by atoms with Crippen molar-refractivity contribution in [2.75, 3.05) is 36.8 Å². The van der Waals surface area contributed by atoms with Gasteiger partial charge >= 0.3 is 0 Å². The number of piperazine rings is 1. The second-order valence-electron chi connectivity index (χ2n) is 6.09. The molecule has 2 aliphatic rings. The van der Waals surface area contributed by atoms with E-state index in [1.807, 2.05) is 34.9 Å². The molecular weight excluding hydrogens is 320 g/mol. The van der Waals surface area contributed by atoms with Gasteiger partial charge in [0, 0.05) is 31.7 Å². The average molecular weight is 340 g/mol. The summed E-state index contributed by atoms with van der Waals surface area (Å²) in [7, 11) is 0. The fraction of sp³-hybridized carbons (Fsp3) is 0.389. The van der Waals surface area contributed by atoms with Crippen molar-refractivity contribution < 1.29 is 4.79 Å². The lowest BCUT2D eigenvalue weighted by molar-refractivity contribution is -0.118. The Morgan fingerprint density at radius 2 is 1.83 bits per heavy atom. The number of carbonyl (C=O) groups excluding carboxylic acids is 1. The van der Waals surface area contributed by atoms with Crippen molar-refractivity contribution >= 4 is 24.0 Å². The number of amides is 1. The van der Waals surface area contributed by atoms with Crippen LogP contribution < -0.4 is 4.90 Å². The molecule has 0 unspecified atom stereocenters. The lowest BCUT2D eigenvalue weighted by atomic mass is 10.1. The summed E-state index contributed by atoms with van der Waals surface area (Å²) < 4.78 is 0. The zero-order valence-corrected chi connectivity index (χ0v) is 14.3. The number of carbonyl (C=O) groups is 1. The van der Waals surface area contributed by atoms with Crippen molar-refractivity contribution in [1.82, 2.24) is 14.9 Å². The molecule has 0 atom stereocenters. The first-order valence-electron chi connectivity index (χ1n) is 8.38. The summed E-state index contributed by atoms with van der Waals surface area (Å²) in [6, 6.07) is 10.2. The molecule has 1 saturated heterocycles. The highest BCUT2D eigenvalue weighted by Crippen LogP contribution is 2.37. The molecule has 2 aromatic rings. The highest BCUT2D eigenvalue weighted by molar-refractivity contribution is 7.99. The van der Waals surface area contributed by atoms with Crippen LogP contribution in [-0.2, 0) is 11.2 Å². The molecule has 1 aromatic heterocycles. The fourth-order valence-electron chi connectivity index (χ4n) is 3.18. The standard InChI is InChI=1S/C18H20N4OS/c23-13-21-8-10-22(11-9-21)18-16-15(7-4-12-24-16)19-17(20-18)14-5-2-1-3-6-14/h1-3,5-6,13H,4,7-12H2. The van der Waals surface area contributed by atoms with Gasteiger partial charge in [0.05, 0.1) is 10.6 Å². The normalized spacial score (nSPS) is 17.5. The Morgan fingerprint density at radius 3 is 2.58 bits per heavy atom. The summed E-state index contributed by atoms with van der Waals surface area (Å²) in [5.41, 5.74) is 2.23. The predicted octanol–water partition coefficient (Wildman–Crippen LogP) is 2.46. The van der Waals surface area contributed by atoms with Crippen LogP contribution in [0.3, 0.4) is 0 Å². The summed E-state index contributed by atoms with van der Waals surface area (Å²) in [6.45, 7) is 3.18. The fourth-order valence-corrected chi connectivity index (χ4v) is 4.30. The van der Waals surface area contributed by atoms with Crippen molar-refractivity contribution in [3.8, 4) is 11.4 Å². The molecule has 1 aromatic carbocycles. The van der Waals surface area contributed by atoms with Crippen LogP contribution in [0.15, 0.2) is 35.2 Å². The Bertz CT molecular complexity index is 729. The molecule has 1 amide bonds. The Labute approximate surface area is 146 Å². The van der Waals surface area contributed by atoms with E-state index in [1.165, 1.54) is 17.0 Å². The van der Waals surface area contributed by atoms with Crippen LogP contribution in [0.1, 0.15) is 12.1 Å². The number of benzene rings is 1. The number of thioether (sulfide) groups is 1. The third-order valence-electron chi connectivity index (χ3n) is 4.52. The molecule has 0 radical (unpaired) electrons. The quantitative estimate of drug-likeness (QED) is 0.804. The van der Waals surface area contributed by atoms with E-state index >= 15 is 0 Å². The molecule has 0 saturated carbocycles. The van der Waals surface area contributed by atoms with E-state index in [4.69, 9.17) is 9.97 Å². The van der Waals surface area contributed by atoms with Crippen molar-refractivity contribution in [2.45, 2.75) is 17.7 Å². The van der Waals surface area contributed by atoms with Gasteiger partial charge in [-0.05, 0) is 18.6 Å². The first-order chi connectivity index (χ1) is 11.8. The van der Waals surface area contributed by atoms with Crippen LogP contribution in [0.5, 0.6) is 0 Å². The van der Waals surface area contributed by atoms with Crippen LogP contribution >= 0.6 is 11.8 Å². The second kappa shape index (κ2) is 6.81. The average Bonchev–Trinajstić information content (AvgIpc) is 2.68. The number of anilines is 1. The van der Waals surface area contributed by atoms with E-state index in [0.29, 0.717) is 0 Å². The van der Waals surface area contributed by atoms with E-state index < -0.39 is 0 Å². The van der Waals surface area contributed by atoms with Gasteiger partial charge in [-0.1, -0.05) is 30.3 Å². The highest BCUT2D eigenvalue weighted by Gasteiger charge is 2.25. The maximum absolute atomic E-state index is 11.0. The van der Waals surface area contributed by atoms with Gasteiger partial charge < -0.3 is 9.80 Å². The Morgan fingerprint density at radius 1 is 1.04 bits per heavy atom. The molecule has 0 N–H and O–H groups in total. The van der Waals surface area contributed by atoms with Gasteiger partial charge in [0.15, 0.2) is 5.82 Å². The molecule has 4 rings (SSSR count). The number of nitrogens with zero attached hydrogens (tertiary/aromatic N) is 4. The molecule has 0 bridgehead atoms. The van der Waals surface area contributed by atoms with E-state index in [0.717, 1.165) is 62.0 Å². The zero-order valence-electron chi connectivity index (χ0n) is 13.5. The van der Waals surface area contributed by atoms with E-state index in [9.17, 15) is 4.79 Å². The van der Waals surface area contributed by atoms with Gasteiger partial charge in [0.25, 0.3) is 0 Å². The molecule has 5 nitrogen and oxygen atoms in total. The molecule has 3 heterocycles. The van der Waals surface area contributed by atoms with Crippen LogP contribution in [-0.4, -0.2) is 53.2 Å². The summed E-state index contributed by atoms with van der Waals surface area (Å²) in [4.78, 5) is 26.1. The number of fused-ring (bicyclic) bond motifs is 1. The first kappa shape index (κ1) is 15.4. The molecule has 1 fully saturated rings. The number of aryl methyl sites for hydroxylation is 1. The lowest BCUT2D eigenvalue weighted by Crippen LogP contribution is -2.46. The molecular formula is C18H20N4OS. The van der Waals surface area contributed by atoms with Gasteiger partial charge in [0.2, 0.25) is 6.41 Å². The predicted molar refractivity (Wildman–Crippen MR) is 96.4 cm³/mol. The van der Waals surface area contributed by atoms with Crippen LogP contribution in [0, 0.1) is 0 Å². The van der Waals surface area contributed by atoms with Crippen molar-refractivity contribution in [3.05, 3.63) is 36.0 Å². The van der Waals surface area contributed by atoms with Gasteiger partial charge in [-0.2, -0.15) is 0 Å². The number of hydrogen-bond acceptors (Lipinski definition) is 5. The summed E-state index contributed by atoms with van der Waals surface area (Å²) in [5.74, 6) is 2.99. The summed E-state index contributed by atoms with van der Waals surface area (Å²) in [6.07, 6.45) is 3.13. The Balaban J connectivity index is 1.73. The molecule has 0 aliphatic carbocycles. The van der Waals surface area contributed by atoms with Crippen molar-refractivity contribution in [1.29, 1.82) is 0 Å². The SMILES string of the molecule is O=CN1CCN(c2nc(-c3ccccc3)nc3c2SCCC3)CC1. The van der Waals surface area contributed by atoms with Gasteiger partial charge in [-0.3, -0.25) is 4.79 Å².